The Hall–Kier alpha value is -2.64. The van der Waals surface area contributed by atoms with Crippen molar-refractivity contribution in [2.45, 2.75) is 53.5 Å². The molecular weight excluding hydrogens is 448 g/mol. The average Bonchev–Trinajstić information content (AvgIpc) is 3.34. The number of benzene rings is 1. The van der Waals surface area contributed by atoms with Gasteiger partial charge in [0.1, 0.15) is 11.5 Å². The van der Waals surface area contributed by atoms with Crippen LogP contribution < -0.4 is 4.74 Å². The molecule has 0 aliphatic carbocycles. The lowest BCUT2D eigenvalue weighted by molar-refractivity contribution is -0.140. The van der Waals surface area contributed by atoms with Crippen LogP contribution in [0.3, 0.4) is 0 Å². The van der Waals surface area contributed by atoms with Crippen LogP contribution in [0.5, 0.6) is 5.75 Å². The minimum Gasteiger partial charge on any atom is -0.507 e. The van der Waals surface area contributed by atoms with Gasteiger partial charge in [0.05, 0.1) is 18.7 Å². The van der Waals surface area contributed by atoms with Crippen LogP contribution in [0.25, 0.3) is 5.76 Å². The summed E-state index contributed by atoms with van der Waals surface area (Å²) < 4.78 is 5.54. The Kier molecular flexibility index (Phi) is 8.21. The van der Waals surface area contributed by atoms with Crippen LogP contribution in [0.15, 0.2) is 29.2 Å². The number of aliphatic hydroxyl groups is 1. The predicted octanol–water partition coefficient (Wildman–Crippen LogP) is 5.26. The van der Waals surface area contributed by atoms with Crippen molar-refractivity contribution in [2.75, 3.05) is 33.3 Å². The van der Waals surface area contributed by atoms with Crippen molar-refractivity contribution < 1.29 is 19.4 Å². The third kappa shape index (κ3) is 4.77. The van der Waals surface area contributed by atoms with E-state index in [1.165, 1.54) is 11.3 Å². The van der Waals surface area contributed by atoms with E-state index >= 15 is 0 Å². The zero-order valence-corrected chi connectivity index (χ0v) is 22.1. The molecule has 1 N–H and O–H groups in total. The van der Waals surface area contributed by atoms with Crippen molar-refractivity contribution in [3.63, 3.8) is 0 Å². The quantitative estimate of drug-likeness (QED) is 0.299. The summed E-state index contributed by atoms with van der Waals surface area (Å²) in [5.74, 6) is -0.398. The van der Waals surface area contributed by atoms with Gasteiger partial charge >= 0.3 is 0 Å². The number of aliphatic hydroxyl groups excluding tert-OH is 1. The van der Waals surface area contributed by atoms with Crippen LogP contribution >= 0.6 is 11.3 Å². The lowest BCUT2D eigenvalue weighted by Crippen LogP contribution is -2.37. The molecule has 1 atom stereocenters. The minimum atomic E-state index is -0.629. The van der Waals surface area contributed by atoms with Gasteiger partial charge in [-0.25, -0.2) is 0 Å². The van der Waals surface area contributed by atoms with Crippen molar-refractivity contribution in [3.8, 4) is 5.75 Å². The maximum atomic E-state index is 13.3. The summed E-state index contributed by atoms with van der Waals surface area (Å²) in [6.07, 6.45) is 0. The fraction of sp³-hybridized carbons (Fsp3) is 0.481. The van der Waals surface area contributed by atoms with Gasteiger partial charge in [0.25, 0.3) is 11.7 Å². The summed E-state index contributed by atoms with van der Waals surface area (Å²) >= 11 is 1.51. The first-order valence-electron chi connectivity index (χ1n) is 11.9. The van der Waals surface area contributed by atoms with Gasteiger partial charge in [0.15, 0.2) is 0 Å². The molecule has 34 heavy (non-hydrogen) atoms. The molecular formula is C27H36N2O4S. The summed E-state index contributed by atoms with van der Waals surface area (Å²) in [6, 6.07) is 5.15. The molecule has 2 aromatic rings. The molecule has 1 aromatic heterocycles. The van der Waals surface area contributed by atoms with E-state index in [0.29, 0.717) is 18.7 Å². The molecule has 6 nitrogen and oxygen atoms in total. The maximum Gasteiger partial charge on any atom is 0.295 e. The van der Waals surface area contributed by atoms with E-state index in [4.69, 9.17) is 4.74 Å². The van der Waals surface area contributed by atoms with Crippen molar-refractivity contribution in [1.29, 1.82) is 0 Å². The van der Waals surface area contributed by atoms with Crippen LogP contribution in [0, 0.1) is 13.8 Å². The summed E-state index contributed by atoms with van der Waals surface area (Å²) in [7, 11) is 1.63. The Labute approximate surface area is 206 Å². The SMILES string of the molecule is CCN(CC)CCN1C(=O)C(=O)/C(=C(/O)c2cc(C(C)C)c(OC)cc2C)C1c1sccc1C. The summed E-state index contributed by atoms with van der Waals surface area (Å²) in [4.78, 5) is 31.3. The Morgan fingerprint density at radius 3 is 2.38 bits per heavy atom. The highest BCUT2D eigenvalue weighted by Gasteiger charge is 2.47. The number of aryl methyl sites for hydroxylation is 2. The highest BCUT2D eigenvalue weighted by molar-refractivity contribution is 7.10. The number of carbonyl (C=O) groups is 2. The number of methoxy groups -OCH3 is 1. The summed E-state index contributed by atoms with van der Waals surface area (Å²) in [5.41, 5.74) is 3.46. The van der Waals surface area contributed by atoms with E-state index in [9.17, 15) is 14.7 Å². The van der Waals surface area contributed by atoms with E-state index in [-0.39, 0.29) is 17.3 Å². The van der Waals surface area contributed by atoms with Crippen molar-refractivity contribution in [1.82, 2.24) is 9.80 Å². The van der Waals surface area contributed by atoms with Gasteiger partial charge in [0, 0.05) is 23.5 Å². The number of amides is 1. The van der Waals surface area contributed by atoms with Gasteiger partial charge in [0.2, 0.25) is 0 Å². The van der Waals surface area contributed by atoms with Crippen molar-refractivity contribution >= 4 is 28.8 Å². The number of likely N-dealkylation sites (tertiary alicyclic amines) is 1. The molecule has 1 aliphatic rings. The Balaban J connectivity index is 2.18. The number of likely N-dealkylation sites (N-methyl/N-ethyl adjacent to an activating group) is 1. The third-order valence-electron chi connectivity index (χ3n) is 6.70. The van der Waals surface area contributed by atoms with Gasteiger partial charge in [-0.2, -0.15) is 0 Å². The number of thiophene rings is 1. The fourth-order valence-electron chi connectivity index (χ4n) is 4.56. The van der Waals surface area contributed by atoms with E-state index in [0.717, 1.165) is 40.4 Å². The smallest absolute Gasteiger partial charge is 0.295 e. The third-order valence-corrected chi connectivity index (χ3v) is 7.77. The van der Waals surface area contributed by atoms with E-state index in [1.54, 1.807) is 12.0 Å². The zero-order valence-electron chi connectivity index (χ0n) is 21.3. The second-order valence-corrected chi connectivity index (χ2v) is 10.00. The lowest BCUT2D eigenvalue weighted by Gasteiger charge is -2.28. The molecule has 0 saturated carbocycles. The zero-order chi connectivity index (χ0) is 25.2. The van der Waals surface area contributed by atoms with Gasteiger partial charge in [-0.15, -0.1) is 11.3 Å². The summed E-state index contributed by atoms with van der Waals surface area (Å²) in [5, 5.41) is 13.5. The normalized spacial score (nSPS) is 17.9. The molecule has 0 bridgehead atoms. The molecule has 1 aromatic carbocycles. The summed E-state index contributed by atoms with van der Waals surface area (Å²) in [6.45, 7) is 14.9. The Morgan fingerprint density at radius 1 is 1.18 bits per heavy atom. The highest BCUT2D eigenvalue weighted by atomic mass is 32.1. The number of ketones is 1. The maximum absolute atomic E-state index is 13.3. The number of ether oxygens (including phenoxy) is 1. The first-order chi connectivity index (χ1) is 16.2. The number of hydrogen-bond acceptors (Lipinski definition) is 6. The van der Waals surface area contributed by atoms with Gasteiger partial charge in [-0.1, -0.05) is 27.7 Å². The number of rotatable bonds is 9. The van der Waals surface area contributed by atoms with E-state index < -0.39 is 17.7 Å². The van der Waals surface area contributed by atoms with E-state index in [1.807, 2.05) is 37.4 Å². The average molecular weight is 485 g/mol. The molecule has 0 radical (unpaired) electrons. The number of hydrogen-bond donors (Lipinski definition) is 1. The van der Waals surface area contributed by atoms with Crippen LogP contribution in [-0.2, 0) is 9.59 Å². The van der Waals surface area contributed by atoms with E-state index in [2.05, 4.69) is 32.6 Å². The topological polar surface area (TPSA) is 70.1 Å². The Bertz CT molecular complexity index is 1100. The predicted molar refractivity (Wildman–Crippen MR) is 138 cm³/mol. The fourth-order valence-corrected chi connectivity index (χ4v) is 5.61. The van der Waals surface area contributed by atoms with Crippen LogP contribution in [0.2, 0.25) is 0 Å². The Morgan fingerprint density at radius 2 is 1.85 bits per heavy atom. The molecule has 1 amide bonds. The van der Waals surface area contributed by atoms with Crippen LogP contribution in [0.4, 0.5) is 0 Å². The van der Waals surface area contributed by atoms with Crippen LogP contribution in [0.1, 0.15) is 66.8 Å². The van der Waals surface area contributed by atoms with Gasteiger partial charge in [-0.05, 0) is 73.1 Å². The second-order valence-electron chi connectivity index (χ2n) is 9.05. The highest BCUT2D eigenvalue weighted by Crippen LogP contribution is 2.43. The van der Waals surface area contributed by atoms with Gasteiger partial charge < -0.3 is 19.6 Å². The lowest BCUT2D eigenvalue weighted by atomic mass is 9.92. The molecule has 1 fully saturated rings. The van der Waals surface area contributed by atoms with Crippen molar-refractivity contribution in [3.05, 3.63) is 56.3 Å². The molecule has 7 heteroatoms. The molecule has 3 rings (SSSR count). The largest absolute Gasteiger partial charge is 0.507 e. The molecule has 1 saturated heterocycles. The number of Topliss-reactive ketones (excluding diaryl/α,β-unsaturated/α-hetero) is 1. The van der Waals surface area contributed by atoms with Crippen molar-refractivity contribution in [2.24, 2.45) is 0 Å². The first-order valence-corrected chi connectivity index (χ1v) is 12.8. The molecule has 1 unspecified atom stereocenters. The van der Waals surface area contributed by atoms with Crippen LogP contribution in [-0.4, -0.2) is 59.9 Å². The first kappa shape index (κ1) is 26.0. The molecule has 1 aliphatic heterocycles. The molecule has 0 spiro atoms. The standard InChI is InChI=1S/C27H36N2O4S/c1-8-28(9-2)11-12-29-23(26-17(5)10-13-34-26)22(25(31)27(29)32)24(30)20-15-19(16(3)4)21(33-7)14-18(20)6/h10,13-16,23,30H,8-9,11-12H2,1-7H3/b24-22+. The number of carbonyl (C=O) groups excluding carboxylic acids is 2. The monoisotopic (exact) mass is 484 g/mol. The molecule has 184 valence electrons. The number of nitrogens with zero attached hydrogens (tertiary/aromatic N) is 2. The second kappa shape index (κ2) is 10.7. The van der Waals surface area contributed by atoms with Gasteiger partial charge in [-0.3, -0.25) is 9.59 Å². The molecule has 2 heterocycles. The minimum absolute atomic E-state index is 0.122.